The molecule has 2 amide bonds. The van der Waals surface area contributed by atoms with Crippen molar-refractivity contribution >= 4 is 23.7 Å². The number of carbonyl (C=O) groups is 2. The smallest absolute Gasteiger partial charge is 0.249 e. The molecule has 0 saturated heterocycles. The van der Waals surface area contributed by atoms with Crippen LogP contribution < -0.4 is 20.2 Å². The van der Waals surface area contributed by atoms with Crippen LogP contribution in [0.25, 0.3) is 0 Å². The summed E-state index contributed by atoms with van der Waals surface area (Å²) in [5, 5.41) is 6.83. The summed E-state index contributed by atoms with van der Waals surface area (Å²) >= 11 is 0. The molecule has 0 heterocycles. The molecular weight excluding hydrogens is 478 g/mol. The molecule has 0 fully saturated rings. The summed E-state index contributed by atoms with van der Waals surface area (Å²) in [7, 11) is 0. The third-order valence-corrected chi connectivity index (χ3v) is 5.72. The lowest BCUT2D eigenvalue weighted by molar-refractivity contribution is -0.126. The average molecular weight is 514 g/mol. The summed E-state index contributed by atoms with van der Waals surface area (Å²) < 4.78 is 12.0. The van der Waals surface area contributed by atoms with Crippen LogP contribution >= 0.6 is 0 Å². The zero-order valence-electron chi connectivity index (χ0n) is 22.3. The maximum absolute atomic E-state index is 12.3. The quantitative estimate of drug-likeness (QED) is 0.132. The second-order valence-corrected chi connectivity index (χ2v) is 8.74. The van der Waals surface area contributed by atoms with E-state index < -0.39 is 11.8 Å². The Bertz CT molecular complexity index is 1280. The molecule has 0 saturated carbocycles. The predicted octanol–water partition coefficient (Wildman–Crippen LogP) is 5.74. The van der Waals surface area contributed by atoms with Crippen molar-refractivity contribution < 1.29 is 19.1 Å². The second-order valence-electron chi connectivity index (χ2n) is 8.74. The van der Waals surface area contributed by atoms with Crippen LogP contribution in [0.2, 0.25) is 0 Å². The first-order valence-electron chi connectivity index (χ1n) is 12.7. The van der Waals surface area contributed by atoms with E-state index in [1.807, 2.05) is 81.4 Å². The van der Waals surface area contributed by atoms with Gasteiger partial charge in [-0.25, -0.2) is 5.43 Å². The zero-order chi connectivity index (χ0) is 27.3. The molecule has 198 valence electrons. The number of nitrogens with zero attached hydrogens (tertiary/aromatic N) is 1. The van der Waals surface area contributed by atoms with Gasteiger partial charge in [-0.15, -0.1) is 6.58 Å². The number of anilines is 1. The third-order valence-electron chi connectivity index (χ3n) is 5.72. The van der Waals surface area contributed by atoms with Gasteiger partial charge in [-0.3, -0.25) is 9.59 Å². The fraction of sp³-hybridized carbons (Fsp3) is 0.258. The fourth-order valence-electron chi connectivity index (χ4n) is 3.84. The van der Waals surface area contributed by atoms with E-state index in [0.717, 1.165) is 28.7 Å². The van der Waals surface area contributed by atoms with Gasteiger partial charge in [-0.05, 0) is 61.6 Å². The lowest BCUT2D eigenvalue weighted by Crippen LogP contribution is -2.25. The normalized spacial score (nSPS) is 10.7. The van der Waals surface area contributed by atoms with Gasteiger partial charge >= 0.3 is 0 Å². The SMILES string of the molecule is C=CCc1cc(C=NNC(=O)CC(=O)Nc2ccccc2CC)cc(OCC)c1OCc1ccc(C)cc1. The molecule has 3 rings (SSSR count). The Labute approximate surface area is 224 Å². The minimum Gasteiger partial charge on any atom is -0.490 e. The van der Waals surface area contributed by atoms with E-state index >= 15 is 0 Å². The highest BCUT2D eigenvalue weighted by atomic mass is 16.5. The van der Waals surface area contributed by atoms with Gasteiger partial charge in [0.25, 0.3) is 0 Å². The first kappa shape index (κ1) is 28.2. The molecule has 38 heavy (non-hydrogen) atoms. The zero-order valence-corrected chi connectivity index (χ0v) is 22.3. The van der Waals surface area contributed by atoms with Crippen LogP contribution in [0.3, 0.4) is 0 Å². The summed E-state index contributed by atoms with van der Waals surface area (Å²) in [6, 6.07) is 19.4. The van der Waals surface area contributed by atoms with Crippen molar-refractivity contribution in [3.05, 3.63) is 101 Å². The number of benzene rings is 3. The molecule has 0 unspecified atom stereocenters. The van der Waals surface area contributed by atoms with Crippen molar-refractivity contribution in [1.82, 2.24) is 5.43 Å². The molecule has 7 nitrogen and oxygen atoms in total. The number of aryl methyl sites for hydroxylation is 2. The molecule has 3 aromatic rings. The Balaban J connectivity index is 1.67. The Morgan fingerprint density at radius 3 is 2.45 bits per heavy atom. The van der Waals surface area contributed by atoms with E-state index in [1.165, 1.54) is 11.8 Å². The van der Waals surface area contributed by atoms with Crippen LogP contribution in [0, 0.1) is 6.92 Å². The van der Waals surface area contributed by atoms with Crippen LogP contribution in [-0.4, -0.2) is 24.6 Å². The third kappa shape index (κ3) is 8.34. The number of hydrogen-bond donors (Lipinski definition) is 2. The maximum atomic E-state index is 12.3. The van der Waals surface area contributed by atoms with Gasteiger partial charge in [0, 0.05) is 11.3 Å². The highest BCUT2D eigenvalue weighted by Gasteiger charge is 2.14. The van der Waals surface area contributed by atoms with E-state index in [9.17, 15) is 9.59 Å². The van der Waals surface area contributed by atoms with Gasteiger partial charge in [-0.2, -0.15) is 5.10 Å². The van der Waals surface area contributed by atoms with Crippen molar-refractivity contribution in [2.75, 3.05) is 11.9 Å². The molecule has 0 atom stereocenters. The molecule has 0 aliphatic carbocycles. The molecule has 7 heteroatoms. The summed E-state index contributed by atoms with van der Waals surface area (Å²) in [6.45, 7) is 10.7. The Hall–Kier alpha value is -4.39. The van der Waals surface area contributed by atoms with E-state index in [1.54, 1.807) is 6.08 Å². The number of rotatable bonds is 13. The van der Waals surface area contributed by atoms with Gasteiger partial charge in [0.05, 0.1) is 12.8 Å². The highest BCUT2D eigenvalue weighted by Crippen LogP contribution is 2.34. The largest absolute Gasteiger partial charge is 0.490 e. The number of amides is 2. The van der Waals surface area contributed by atoms with Gasteiger partial charge in [-0.1, -0.05) is 61.0 Å². The Morgan fingerprint density at radius 2 is 1.74 bits per heavy atom. The minimum atomic E-state index is -0.512. The van der Waals surface area contributed by atoms with E-state index in [0.29, 0.717) is 36.8 Å². The van der Waals surface area contributed by atoms with E-state index in [-0.39, 0.29) is 6.42 Å². The topological polar surface area (TPSA) is 89.0 Å². The molecule has 0 aromatic heterocycles. The van der Waals surface area contributed by atoms with Crippen LogP contribution in [-0.2, 0) is 29.0 Å². The fourth-order valence-corrected chi connectivity index (χ4v) is 3.84. The summed E-state index contributed by atoms with van der Waals surface area (Å²) in [5.74, 6) is 0.320. The second kappa shape index (κ2) is 14.4. The number of para-hydroxylation sites is 1. The van der Waals surface area contributed by atoms with Gasteiger partial charge in [0.1, 0.15) is 13.0 Å². The number of allylic oxidation sites excluding steroid dienone is 1. The van der Waals surface area contributed by atoms with Gasteiger partial charge in [0.15, 0.2) is 11.5 Å². The lowest BCUT2D eigenvalue weighted by Gasteiger charge is -2.17. The molecule has 0 radical (unpaired) electrons. The van der Waals surface area contributed by atoms with E-state index in [2.05, 4.69) is 22.4 Å². The van der Waals surface area contributed by atoms with Crippen molar-refractivity contribution in [2.24, 2.45) is 5.10 Å². The minimum absolute atomic E-state index is 0.340. The molecule has 2 N–H and O–H groups in total. The summed E-state index contributed by atoms with van der Waals surface area (Å²) in [6.07, 6.45) is 4.31. The van der Waals surface area contributed by atoms with Gasteiger partial charge in [0.2, 0.25) is 11.8 Å². The maximum Gasteiger partial charge on any atom is 0.249 e. The molecule has 3 aromatic carbocycles. The predicted molar refractivity (Wildman–Crippen MR) is 152 cm³/mol. The lowest BCUT2D eigenvalue weighted by atomic mass is 10.1. The van der Waals surface area contributed by atoms with Crippen molar-refractivity contribution in [3.63, 3.8) is 0 Å². The number of hydrogen-bond acceptors (Lipinski definition) is 5. The number of carbonyl (C=O) groups excluding carboxylic acids is 2. The number of hydrazone groups is 1. The highest BCUT2D eigenvalue weighted by molar-refractivity contribution is 6.04. The first-order valence-corrected chi connectivity index (χ1v) is 12.7. The Morgan fingerprint density at radius 1 is 0.974 bits per heavy atom. The molecule has 0 aliphatic heterocycles. The summed E-state index contributed by atoms with van der Waals surface area (Å²) in [4.78, 5) is 24.6. The number of ether oxygens (including phenoxy) is 2. The van der Waals surface area contributed by atoms with Crippen molar-refractivity contribution in [3.8, 4) is 11.5 Å². The number of nitrogens with one attached hydrogen (secondary N) is 2. The summed E-state index contributed by atoms with van der Waals surface area (Å²) in [5.41, 5.74) is 7.98. The van der Waals surface area contributed by atoms with Crippen LogP contribution in [0.15, 0.2) is 78.4 Å². The molecule has 0 aliphatic rings. The monoisotopic (exact) mass is 513 g/mol. The van der Waals surface area contributed by atoms with Gasteiger partial charge < -0.3 is 14.8 Å². The molecule has 0 bridgehead atoms. The van der Waals surface area contributed by atoms with Crippen LogP contribution in [0.4, 0.5) is 5.69 Å². The molecule has 0 spiro atoms. The molecular formula is C31H35N3O4. The standard InChI is InChI=1S/C31H35N3O4/c1-5-10-26-17-24(18-28(37-7-3)31(26)38-21-23-15-13-22(4)14-16-23)20-32-34-30(36)19-29(35)33-27-12-9-8-11-25(27)6-2/h5,8-9,11-18,20H,1,6-7,10,19,21H2,2-4H3,(H,33,35)(H,34,36). The first-order chi connectivity index (χ1) is 18.4. The van der Waals surface area contributed by atoms with Crippen molar-refractivity contribution in [1.29, 1.82) is 0 Å². The van der Waals surface area contributed by atoms with E-state index in [4.69, 9.17) is 9.47 Å². The average Bonchev–Trinajstić information content (AvgIpc) is 2.90. The van der Waals surface area contributed by atoms with Crippen LogP contribution in [0.5, 0.6) is 11.5 Å². The van der Waals surface area contributed by atoms with Crippen molar-refractivity contribution in [2.45, 2.75) is 46.6 Å². The van der Waals surface area contributed by atoms with Crippen LogP contribution in [0.1, 0.15) is 48.1 Å². The Kier molecular flexibility index (Phi) is 10.7.